The third kappa shape index (κ3) is 4.36. The fraction of sp³-hybridized carbons (Fsp3) is 0.440. The molecule has 1 saturated heterocycles. The second kappa shape index (κ2) is 8.81. The molecule has 0 bridgehead atoms. The Balaban J connectivity index is 1.58. The monoisotopic (exact) mass is 390 g/mol. The lowest BCUT2D eigenvalue weighted by atomic mass is 9.91. The summed E-state index contributed by atoms with van der Waals surface area (Å²) < 4.78 is 0. The molecule has 2 amide bonds. The SMILES string of the molecule is CN1CCN(C(=O)C2CCCC2)C[C@H](Cc2ccccc2-c2ccccc2)C1=O. The third-order valence-electron chi connectivity index (χ3n) is 6.46. The molecule has 4 heteroatoms. The smallest absolute Gasteiger partial charge is 0.227 e. The van der Waals surface area contributed by atoms with E-state index < -0.39 is 0 Å². The quantitative estimate of drug-likeness (QED) is 0.792. The van der Waals surface area contributed by atoms with Crippen LogP contribution in [0.5, 0.6) is 0 Å². The van der Waals surface area contributed by atoms with Gasteiger partial charge in [-0.15, -0.1) is 0 Å². The number of carbonyl (C=O) groups excluding carboxylic acids is 2. The molecule has 29 heavy (non-hydrogen) atoms. The van der Waals surface area contributed by atoms with Gasteiger partial charge >= 0.3 is 0 Å². The minimum atomic E-state index is -0.197. The molecular weight excluding hydrogens is 360 g/mol. The average Bonchev–Trinajstić information content (AvgIpc) is 3.26. The Labute approximate surface area is 173 Å². The Hall–Kier alpha value is -2.62. The van der Waals surface area contributed by atoms with Gasteiger partial charge in [0.05, 0.1) is 5.92 Å². The molecule has 2 fully saturated rings. The molecule has 4 nitrogen and oxygen atoms in total. The van der Waals surface area contributed by atoms with E-state index in [9.17, 15) is 9.59 Å². The van der Waals surface area contributed by atoms with Gasteiger partial charge < -0.3 is 9.80 Å². The van der Waals surface area contributed by atoms with Crippen molar-refractivity contribution < 1.29 is 9.59 Å². The van der Waals surface area contributed by atoms with E-state index >= 15 is 0 Å². The van der Waals surface area contributed by atoms with Crippen molar-refractivity contribution in [3.05, 3.63) is 60.2 Å². The minimum absolute atomic E-state index is 0.148. The summed E-state index contributed by atoms with van der Waals surface area (Å²) in [7, 11) is 1.86. The first-order chi connectivity index (χ1) is 14.1. The number of rotatable bonds is 4. The zero-order valence-electron chi connectivity index (χ0n) is 17.2. The maximum absolute atomic E-state index is 13.1. The van der Waals surface area contributed by atoms with Gasteiger partial charge in [0.15, 0.2) is 0 Å². The summed E-state index contributed by atoms with van der Waals surface area (Å²) in [5.41, 5.74) is 3.50. The molecule has 1 aliphatic carbocycles. The molecule has 1 heterocycles. The van der Waals surface area contributed by atoms with Gasteiger partial charge in [0, 0.05) is 32.6 Å². The molecule has 0 N–H and O–H groups in total. The summed E-state index contributed by atoms with van der Waals surface area (Å²) in [6.07, 6.45) is 4.96. The number of benzene rings is 2. The van der Waals surface area contributed by atoms with E-state index in [1.807, 2.05) is 42.3 Å². The van der Waals surface area contributed by atoms with Crippen LogP contribution in [-0.2, 0) is 16.0 Å². The highest BCUT2D eigenvalue weighted by molar-refractivity contribution is 5.83. The van der Waals surface area contributed by atoms with Crippen LogP contribution in [0, 0.1) is 11.8 Å². The molecule has 2 aliphatic rings. The Kier molecular flexibility index (Phi) is 5.98. The van der Waals surface area contributed by atoms with Crippen LogP contribution in [0.25, 0.3) is 11.1 Å². The molecule has 2 aromatic rings. The molecule has 1 aliphatic heterocycles. The van der Waals surface area contributed by atoms with E-state index in [4.69, 9.17) is 0 Å². The highest BCUT2D eigenvalue weighted by atomic mass is 16.2. The van der Waals surface area contributed by atoms with Gasteiger partial charge in [-0.05, 0) is 36.0 Å². The van der Waals surface area contributed by atoms with Crippen LogP contribution in [0.2, 0.25) is 0 Å². The predicted octanol–water partition coefficient (Wildman–Crippen LogP) is 4.00. The van der Waals surface area contributed by atoms with Crippen molar-refractivity contribution >= 4 is 11.8 Å². The van der Waals surface area contributed by atoms with Gasteiger partial charge in [-0.1, -0.05) is 67.4 Å². The second-order valence-electron chi connectivity index (χ2n) is 8.45. The largest absolute Gasteiger partial charge is 0.344 e. The van der Waals surface area contributed by atoms with Crippen LogP contribution in [-0.4, -0.2) is 48.3 Å². The Morgan fingerprint density at radius 1 is 0.966 bits per heavy atom. The summed E-state index contributed by atoms with van der Waals surface area (Å²) in [5.74, 6) is 0.366. The van der Waals surface area contributed by atoms with Crippen molar-refractivity contribution in [2.24, 2.45) is 11.8 Å². The van der Waals surface area contributed by atoms with Crippen molar-refractivity contribution in [1.29, 1.82) is 0 Å². The van der Waals surface area contributed by atoms with Crippen molar-refractivity contribution in [2.75, 3.05) is 26.7 Å². The number of carbonyl (C=O) groups is 2. The minimum Gasteiger partial charge on any atom is -0.344 e. The summed E-state index contributed by atoms with van der Waals surface area (Å²) in [6.45, 7) is 1.80. The number of nitrogens with zero attached hydrogens (tertiary/aromatic N) is 2. The summed E-state index contributed by atoms with van der Waals surface area (Å²) in [6, 6.07) is 18.6. The van der Waals surface area contributed by atoms with Crippen LogP contribution in [0.4, 0.5) is 0 Å². The molecular formula is C25H30N2O2. The number of likely N-dealkylation sites (N-methyl/N-ethyl adjacent to an activating group) is 1. The zero-order chi connectivity index (χ0) is 20.2. The lowest BCUT2D eigenvalue weighted by Crippen LogP contribution is -2.40. The van der Waals surface area contributed by atoms with Gasteiger partial charge in [0.2, 0.25) is 11.8 Å². The molecule has 0 unspecified atom stereocenters. The molecule has 0 aromatic heterocycles. The molecule has 0 radical (unpaired) electrons. The van der Waals surface area contributed by atoms with Crippen molar-refractivity contribution in [1.82, 2.24) is 9.80 Å². The predicted molar refractivity (Wildman–Crippen MR) is 115 cm³/mol. The van der Waals surface area contributed by atoms with Gasteiger partial charge in [-0.2, -0.15) is 0 Å². The summed E-state index contributed by atoms with van der Waals surface area (Å²) in [5, 5.41) is 0. The lowest BCUT2D eigenvalue weighted by Gasteiger charge is -2.26. The van der Waals surface area contributed by atoms with Crippen LogP contribution < -0.4 is 0 Å². The summed E-state index contributed by atoms with van der Waals surface area (Å²) in [4.78, 5) is 29.9. The second-order valence-corrected chi connectivity index (χ2v) is 8.45. The normalized spacial score (nSPS) is 20.7. The van der Waals surface area contributed by atoms with Gasteiger partial charge in [-0.25, -0.2) is 0 Å². The van der Waals surface area contributed by atoms with Crippen LogP contribution in [0.1, 0.15) is 31.2 Å². The first-order valence-corrected chi connectivity index (χ1v) is 10.8. The van der Waals surface area contributed by atoms with Crippen LogP contribution >= 0.6 is 0 Å². The highest BCUT2D eigenvalue weighted by Gasteiger charge is 2.34. The van der Waals surface area contributed by atoms with Crippen LogP contribution in [0.3, 0.4) is 0 Å². The lowest BCUT2D eigenvalue weighted by molar-refractivity contribution is -0.136. The van der Waals surface area contributed by atoms with E-state index in [1.54, 1.807) is 4.90 Å². The van der Waals surface area contributed by atoms with Gasteiger partial charge in [0.1, 0.15) is 0 Å². The van der Waals surface area contributed by atoms with E-state index in [0.29, 0.717) is 26.1 Å². The Bertz CT molecular complexity index is 858. The number of amides is 2. The maximum atomic E-state index is 13.1. The number of hydrogen-bond donors (Lipinski definition) is 0. The summed E-state index contributed by atoms with van der Waals surface area (Å²) >= 11 is 0. The van der Waals surface area contributed by atoms with E-state index in [1.165, 1.54) is 11.1 Å². The maximum Gasteiger partial charge on any atom is 0.227 e. The number of hydrogen-bond acceptors (Lipinski definition) is 2. The average molecular weight is 391 g/mol. The van der Waals surface area contributed by atoms with E-state index in [0.717, 1.165) is 31.2 Å². The van der Waals surface area contributed by atoms with Crippen molar-refractivity contribution in [3.8, 4) is 11.1 Å². The Morgan fingerprint density at radius 2 is 1.66 bits per heavy atom. The van der Waals surface area contributed by atoms with Crippen molar-refractivity contribution in [3.63, 3.8) is 0 Å². The van der Waals surface area contributed by atoms with E-state index in [2.05, 4.69) is 24.3 Å². The highest BCUT2D eigenvalue weighted by Crippen LogP contribution is 2.29. The molecule has 2 aromatic carbocycles. The fourth-order valence-electron chi connectivity index (χ4n) is 4.77. The molecule has 1 saturated carbocycles. The van der Waals surface area contributed by atoms with Crippen molar-refractivity contribution in [2.45, 2.75) is 32.1 Å². The van der Waals surface area contributed by atoms with Crippen LogP contribution in [0.15, 0.2) is 54.6 Å². The zero-order valence-corrected chi connectivity index (χ0v) is 17.2. The van der Waals surface area contributed by atoms with Gasteiger partial charge in [0.25, 0.3) is 0 Å². The molecule has 152 valence electrons. The standard InChI is InChI=1S/C25H30N2O2/c1-26-15-16-27(25(29)20-11-5-6-12-20)18-22(24(26)28)17-21-13-7-8-14-23(21)19-9-3-2-4-10-19/h2-4,7-10,13-14,20,22H,5-6,11-12,15-18H2,1H3/t22-/m0/s1. The third-order valence-corrected chi connectivity index (χ3v) is 6.46. The van der Waals surface area contributed by atoms with Gasteiger partial charge in [-0.3, -0.25) is 9.59 Å². The first kappa shape index (κ1) is 19.7. The molecule has 0 spiro atoms. The Morgan fingerprint density at radius 3 is 2.41 bits per heavy atom. The fourth-order valence-corrected chi connectivity index (χ4v) is 4.77. The first-order valence-electron chi connectivity index (χ1n) is 10.8. The molecule has 1 atom stereocenters. The topological polar surface area (TPSA) is 40.6 Å². The van der Waals surface area contributed by atoms with E-state index in [-0.39, 0.29) is 23.7 Å². The molecule has 4 rings (SSSR count).